The van der Waals surface area contributed by atoms with Crippen LogP contribution < -0.4 is 4.90 Å². The van der Waals surface area contributed by atoms with Crippen LogP contribution in [0, 0.1) is 5.92 Å². The summed E-state index contributed by atoms with van der Waals surface area (Å²) in [6, 6.07) is 6.74. The van der Waals surface area contributed by atoms with E-state index in [-0.39, 0.29) is 6.61 Å². The lowest BCUT2D eigenvalue weighted by Gasteiger charge is -2.39. The molecule has 1 aliphatic heterocycles. The summed E-state index contributed by atoms with van der Waals surface area (Å²) in [6.07, 6.45) is 2.48. The Morgan fingerprint density at radius 3 is 2.82 bits per heavy atom. The molecule has 0 aromatic heterocycles. The van der Waals surface area contributed by atoms with Gasteiger partial charge in [-0.1, -0.05) is 22.9 Å². The molecule has 2 nitrogen and oxygen atoms in total. The molecule has 1 aliphatic rings. The van der Waals surface area contributed by atoms with Gasteiger partial charge in [-0.05, 0) is 43.9 Å². The predicted octanol–water partition coefficient (Wildman–Crippen LogP) is 3.57. The quantitative estimate of drug-likeness (QED) is 0.902. The van der Waals surface area contributed by atoms with Gasteiger partial charge in [0.1, 0.15) is 0 Å². The predicted molar refractivity (Wildman–Crippen MR) is 75.3 cm³/mol. The molecule has 17 heavy (non-hydrogen) atoms. The van der Waals surface area contributed by atoms with E-state index in [1.807, 2.05) is 6.07 Å². The molecular weight excluding hydrogens is 278 g/mol. The monoisotopic (exact) mass is 297 g/mol. The van der Waals surface area contributed by atoms with Crippen LogP contribution in [0.5, 0.6) is 0 Å². The van der Waals surface area contributed by atoms with Crippen molar-refractivity contribution in [2.75, 3.05) is 11.4 Å². The molecule has 0 amide bonds. The lowest BCUT2D eigenvalue weighted by atomic mass is 9.92. The molecule has 94 valence electrons. The van der Waals surface area contributed by atoms with E-state index in [0.29, 0.717) is 6.04 Å². The van der Waals surface area contributed by atoms with Crippen molar-refractivity contribution in [3.63, 3.8) is 0 Å². The first-order chi connectivity index (χ1) is 8.11. The zero-order chi connectivity index (χ0) is 12.4. The first-order valence-electron chi connectivity index (χ1n) is 6.27. The van der Waals surface area contributed by atoms with Gasteiger partial charge in [-0.3, -0.25) is 0 Å². The maximum absolute atomic E-state index is 9.46. The number of aliphatic hydroxyl groups excluding tert-OH is 1. The van der Waals surface area contributed by atoms with Crippen molar-refractivity contribution < 1.29 is 5.11 Å². The average Bonchev–Trinajstić information content (AvgIpc) is 2.30. The molecule has 0 radical (unpaired) electrons. The highest BCUT2D eigenvalue weighted by Crippen LogP contribution is 2.31. The Labute approximate surface area is 112 Å². The second-order valence-corrected chi connectivity index (χ2v) is 6.02. The molecule has 2 rings (SSSR count). The van der Waals surface area contributed by atoms with Gasteiger partial charge in [-0.15, -0.1) is 0 Å². The normalized spacial score (nSPS) is 25.1. The van der Waals surface area contributed by atoms with Crippen molar-refractivity contribution in [3.8, 4) is 0 Å². The molecule has 1 fully saturated rings. The smallest absolute Gasteiger partial charge is 0.0702 e. The maximum Gasteiger partial charge on any atom is 0.0702 e. The first-order valence-corrected chi connectivity index (χ1v) is 7.07. The minimum atomic E-state index is 0.105. The Morgan fingerprint density at radius 2 is 2.18 bits per heavy atom. The molecule has 0 aliphatic carbocycles. The van der Waals surface area contributed by atoms with Gasteiger partial charge in [0.15, 0.2) is 0 Å². The Kier molecular flexibility index (Phi) is 4.10. The molecule has 0 bridgehead atoms. The van der Waals surface area contributed by atoms with E-state index in [9.17, 15) is 5.11 Å². The number of halogens is 1. The second kappa shape index (κ2) is 5.40. The van der Waals surface area contributed by atoms with Crippen LogP contribution in [0.2, 0.25) is 0 Å². The number of aliphatic hydroxyl groups is 1. The van der Waals surface area contributed by atoms with Crippen molar-refractivity contribution in [3.05, 3.63) is 28.2 Å². The Balaban J connectivity index is 2.27. The highest BCUT2D eigenvalue weighted by Gasteiger charge is 2.24. The van der Waals surface area contributed by atoms with Gasteiger partial charge < -0.3 is 10.0 Å². The Hall–Kier alpha value is -0.540. The minimum Gasteiger partial charge on any atom is -0.392 e. The fraction of sp³-hybridized carbons (Fsp3) is 0.571. The first kappa shape index (κ1) is 12.9. The van der Waals surface area contributed by atoms with Crippen LogP contribution in [0.1, 0.15) is 32.3 Å². The molecule has 2 unspecified atom stereocenters. The number of nitrogens with zero attached hydrogens (tertiary/aromatic N) is 1. The van der Waals surface area contributed by atoms with Gasteiger partial charge in [0.25, 0.3) is 0 Å². The number of piperidine rings is 1. The summed E-state index contributed by atoms with van der Waals surface area (Å²) in [6.45, 7) is 5.80. The van der Waals surface area contributed by atoms with Crippen LogP contribution in [0.25, 0.3) is 0 Å². The fourth-order valence-electron chi connectivity index (χ4n) is 2.73. The van der Waals surface area contributed by atoms with E-state index in [1.54, 1.807) is 0 Å². The average molecular weight is 298 g/mol. The third-order valence-corrected chi connectivity index (χ3v) is 4.15. The summed E-state index contributed by atoms with van der Waals surface area (Å²) in [5.74, 6) is 0.814. The summed E-state index contributed by atoms with van der Waals surface area (Å²) < 4.78 is 1.03. The van der Waals surface area contributed by atoms with Crippen LogP contribution >= 0.6 is 15.9 Å². The van der Waals surface area contributed by atoms with Crippen LogP contribution in [-0.2, 0) is 6.61 Å². The van der Waals surface area contributed by atoms with Crippen LogP contribution in [0.3, 0.4) is 0 Å². The van der Waals surface area contributed by atoms with Crippen molar-refractivity contribution in [1.82, 2.24) is 0 Å². The summed E-state index contributed by atoms with van der Waals surface area (Å²) >= 11 is 3.46. The van der Waals surface area contributed by atoms with Crippen molar-refractivity contribution >= 4 is 21.6 Å². The van der Waals surface area contributed by atoms with Gasteiger partial charge in [0, 0.05) is 28.3 Å². The summed E-state index contributed by atoms with van der Waals surface area (Å²) in [5, 5.41) is 9.46. The number of benzene rings is 1. The molecule has 0 spiro atoms. The van der Waals surface area contributed by atoms with Crippen molar-refractivity contribution in [2.45, 2.75) is 39.3 Å². The molecule has 1 saturated heterocycles. The number of hydrogen-bond donors (Lipinski definition) is 1. The largest absolute Gasteiger partial charge is 0.392 e. The SMILES string of the molecule is CC1CCN(c2ccc(Br)cc2CO)C(C)C1. The number of hydrogen-bond acceptors (Lipinski definition) is 2. The highest BCUT2D eigenvalue weighted by molar-refractivity contribution is 9.10. The summed E-state index contributed by atoms with van der Waals surface area (Å²) in [4.78, 5) is 2.43. The lowest BCUT2D eigenvalue weighted by Crippen LogP contribution is -2.40. The molecular formula is C14H20BrNO. The van der Waals surface area contributed by atoms with Crippen LogP contribution in [0.15, 0.2) is 22.7 Å². The minimum absolute atomic E-state index is 0.105. The van der Waals surface area contributed by atoms with E-state index < -0.39 is 0 Å². The van der Waals surface area contributed by atoms with Crippen LogP contribution in [0.4, 0.5) is 5.69 Å². The van der Waals surface area contributed by atoms with Crippen LogP contribution in [-0.4, -0.2) is 17.7 Å². The Morgan fingerprint density at radius 1 is 1.41 bits per heavy atom. The van der Waals surface area contributed by atoms with Gasteiger partial charge in [-0.2, -0.15) is 0 Å². The zero-order valence-corrected chi connectivity index (χ0v) is 12.1. The number of anilines is 1. The van der Waals surface area contributed by atoms with E-state index >= 15 is 0 Å². The van der Waals surface area contributed by atoms with Gasteiger partial charge in [0.2, 0.25) is 0 Å². The van der Waals surface area contributed by atoms with E-state index in [0.717, 1.165) is 22.5 Å². The summed E-state index contributed by atoms with van der Waals surface area (Å²) in [5.41, 5.74) is 2.20. The molecule has 1 aromatic rings. The van der Waals surface area contributed by atoms with Crippen molar-refractivity contribution in [1.29, 1.82) is 0 Å². The molecule has 3 heteroatoms. The van der Waals surface area contributed by atoms with Gasteiger partial charge in [-0.25, -0.2) is 0 Å². The van der Waals surface area contributed by atoms with E-state index in [1.165, 1.54) is 18.5 Å². The fourth-order valence-corrected chi connectivity index (χ4v) is 3.13. The van der Waals surface area contributed by atoms with Gasteiger partial charge in [0.05, 0.1) is 6.61 Å². The standard InChI is InChI=1S/C14H20BrNO/c1-10-5-6-16(11(2)7-10)14-4-3-13(15)8-12(14)9-17/h3-4,8,10-11,17H,5-7,9H2,1-2H3. The molecule has 1 N–H and O–H groups in total. The molecule has 1 aromatic carbocycles. The topological polar surface area (TPSA) is 23.5 Å². The zero-order valence-electron chi connectivity index (χ0n) is 10.5. The molecule has 1 heterocycles. The van der Waals surface area contributed by atoms with E-state index in [4.69, 9.17) is 0 Å². The second-order valence-electron chi connectivity index (χ2n) is 5.10. The third-order valence-electron chi connectivity index (χ3n) is 3.66. The molecule has 0 saturated carbocycles. The van der Waals surface area contributed by atoms with Gasteiger partial charge >= 0.3 is 0 Å². The molecule has 2 atom stereocenters. The van der Waals surface area contributed by atoms with Crippen molar-refractivity contribution in [2.24, 2.45) is 5.92 Å². The lowest BCUT2D eigenvalue weighted by molar-refractivity contribution is 0.281. The highest BCUT2D eigenvalue weighted by atomic mass is 79.9. The van der Waals surface area contributed by atoms with E-state index in [2.05, 4.69) is 46.8 Å². The summed E-state index contributed by atoms with van der Waals surface area (Å²) in [7, 11) is 0. The third kappa shape index (κ3) is 2.83. The maximum atomic E-state index is 9.46. The Bertz CT molecular complexity index is 394. The number of rotatable bonds is 2.